The monoisotopic (exact) mass is 312 g/mol. The van der Waals surface area contributed by atoms with Gasteiger partial charge >= 0.3 is 5.97 Å². The molecule has 0 aliphatic heterocycles. The van der Waals surface area contributed by atoms with Crippen LogP contribution in [0.3, 0.4) is 0 Å². The molecule has 5 nitrogen and oxygen atoms in total. The van der Waals surface area contributed by atoms with Crippen LogP contribution in [0.5, 0.6) is 0 Å². The molecule has 2 rings (SSSR count). The van der Waals surface area contributed by atoms with Gasteiger partial charge in [0.15, 0.2) is 0 Å². The predicted molar refractivity (Wildman–Crippen MR) is 79.7 cm³/mol. The van der Waals surface area contributed by atoms with Crippen LogP contribution in [0.4, 0.5) is 4.39 Å². The number of rotatable bonds is 5. The van der Waals surface area contributed by atoms with E-state index in [4.69, 9.17) is 10.00 Å². The molecule has 0 heterocycles. The Kier molecular flexibility index (Phi) is 5.42. The fourth-order valence-corrected chi connectivity index (χ4v) is 1.84. The Morgan fingerprint density at radius 2 is 1.96 bits per heavy atom. The molecule has 0 bridgehead atoms. The molecular formula is C17H13FN2O3. The molecule has 6 heteroatoms. The Bertz CT molecular complexity index is 768. The number of hydrogen-bond donors (Lipinski definition) is 1. The largest absolute Gasteiger partial charge is 0.460 e. The van der Waals surface area contributed by atoms with Gasteiger partial charge in [0.25, 0.3) is 5.91 Å². The van der Waals surface area contributed by atoms with Crippen LogP contribution in [0.15, 0.2) is 48.5 Å². The SMILES string of the molecule is N#Cc1cccc(COC(=O)CNC(=O)c2ccccc2F)c1. The molecule has 0 unspecified atom stereocenters. The van der Waals surface area contributed by atoms with Crippen molar-refractivity contribution in [2.75, 3.05) is 6.54 Å². The summed E-state index contributed by atoms with van der Waals surface area (Å²) in [6.07, 6.45) is 0. The topological polar surface area (TPSA) is 79.2 Å². The number of halogens is 1. The van der Waals surface area contributed by atoms with E-state index in [2.05, 4.69) is 5.32 Å². The van der Waals surface area contributed by atoms with Crippen LogP contribution in [-0.2, 0) is 16.1 Å². The highest BCUT2D eigenvalue weighted by atomic mass is 19.1. The quantitative estimate of drug-likeness (QED) is 0.858. The lowest BCUT2D eigenvalue weighted by molar-refractivity contribution is -0.143. The maximum atomic E-state index is 13.4. The molecule has 0 atom stereocenters. The summed E-state index contributed by atoms with van der Waals surface area (Å²) in [5, 5.41) is 11.1. The van der Waals surface area contributed by atoms with Crippen LogP contribution in [0.1, 0.15) is 21.5 Å². The van der Waals surface area contributed by atoms with Crippen molar-refractivity contribution >= 4 is 11.9 Å². The molecule has 2 aromatic carbocycles. The first-order chi connectivity index (χ1) is 11.1. The smallest absolute Gasteiger partial charge is 0.325 e. The fraction of sp³-hybridized carbons (Fsp3) is 0.118. The normalized spacial score (nSPS) is 9.74. The number of nitriles is 1. The number of nitrogens with one attached hydrogen (secondary N) is 1. The molecule has 1 amide bonds. The zero-order valence-electron chi connectivity index (χ0n) is 12.1. The average Bonchev–Trinajstić information content (AvgIpc) is 2.58. The van der Waals surface area contributed by atoms with Gasteiger partial charge in [0.2, 0.25) is 0 Å². The first-order valence-corrected chi connectivity index (χ1v) is 6.77. The van der Waals surface area contributed by atoms with E-state index in [9.17, 15) is 14.0 Å². The Hall–Kier alpha value is -3.20. The third-order valence-corrected chi connectivity index (χ3v) is 2.97. The minimum atomic E-state index is -0.688. The van der Waals surface area contributed by atoms with Crippen LogP contribution < -0.4 is 5.32 Å². The van der Waals surface area contributed by atoms with Crippen molar-refractivity contribution in [1.29, 1.82) is 5.26 Å². The van der Waals surface area contributed by atoms with E-state index in [-0.39, 0.29) is 18.7 Å². The number of benzene rings is 2. The van der Waals surface area contributed by atoms with Gasteiger partial charge in [-0.15, -0.1) is 0 Å². The average molecular weight is 312 g/mol. The molecule has 2 aromatic rings. The Labute approximate surface area is 132 Å². The van der Waals surface area contributed by atoms with Gasteiger partial charge in [0.1, 0.15) is 19.0 Å². The molecule has 23 heavy (non-hydrogen) atoms. The van der Waals surface area contributed by atoms with E-state index < -0.39 is 17.7 Å². The second kappa shape index (κ2) is 7.71. The summed E-state index contributed by atoms with van der Waals surface area (Å²) in [6, 6.07) is 14.1. The molecule has 0 saturated heterocycles. The third-order valence-electron chi connectivity index (χ3n) is 2.97. The predicted octanol–water partition coefficient (Wildman–Crippen LogP) is 2.17. The summed E-state index contributed by atoms with van der Waals surface area (Å²) in [5.74, 6) is -2.00. The summed E-state index contributed by atoms with van der Waals surface area (Å²) in [4.78, 5) is 23.3. The maximum Gasteiger partial charge on any atom is 0.325 e. The van der Waals surface area contributed by atoms with Crippen molar-refractivity contribution in [1.82, 2.24) is 5.32 Å². The number of ether oxygens (including phenoxy) is 1. The summed E-state index contributed by atoms with van der Waals surface area (Å²) in [6.45, 7) is -0.380. The summed E-state index contributed by atoms with van der Waals surface area (Å²) in [7, 11) is 0. The van der Waals surface area contributed by atoms with E-state index in [1.807, 2.05) is 6.07 Å². The standard InChI is InChI=1S/C17H13FN2O3/c18-15-7-2-1-6-14(15)17(22)20-10-16(21)23-11-13-5-3-4-12(8-13)9-19/h1-8H,10-11H2,(H,20,22). The van der Waals surface area contributed by atoms with E-state index in [1.54, 1.807) is 24.3 Å². The number of nitrogens with zero attached hydrogens (tertiary/aromatic N) is 1. The van der Waals surface area contributed by atoms with Gasteiger partial charge in [0, 0.05) is 0 Å². The Morgan fingerprint density at radius 1 is 1.17 bits per heavy atom. The summed E-state index contributed by atoms with van der Waals surface area (Å²) >= 11 is 0. The van der Waals surface area contributed by atoms with Crippen molar-refractivity contribution in [3.63, 3.8) is 0 Å². The molecular weight excluding hydrogens is 299 g/mol. The molecule has 0 radical (unpaired) electrons. The van der Waals surface area contributed by atoms with Crippen LogP contribution in [-0.4, -0.2) is 18.4 Å². The number of carbonyl (C=O) groups excluding carboxylic acids is 2. The van der Waals surface area contributed by atoms with Gasteiger partial charge in [-0.05, 0) is 29.8 Å². The lowest BCUT2D eigenvalue weighted by atomic mass is 10.1. The number of amides is 1. The fourth-order valence-electron chi connectivity index (χ4n) is 1.84. The third kappa shape index (κ3) is 4.64. The Balaban J connectivity index is 1.82. The van der Waals surface area contributed by atoms with Crippen molar-refractivity contribution < 1.29 is 18.7 Å². The van der Waals surface area contributed by atoms with Gasteiger partial charge < -0.3 is 10.1 Å². The minimum Gasteiger partial charge on any atom is -0.460 e. The highest BCUT2D eigenvalue weighted by molar-refractivity contribution is 5.96. The molecule has 0 aromatic heterocycles. The second-order valence-electron chi connectivity index (χ2n) is 4.64. The van der Waals surface area contributed by atoms with Gasteiger partial charge in [-0.25, -0.2) is 4.39 Å². The molecule has 0 fully saturated rings. The van der Waals surface area contributed by atoms with E-state index in [0.717, 1.165) is 6.07 Å². The first-order valence-electron chi connectivity index (χ1n) is 6.77. The zero-order valence-corrected chi connectivity index (χ0v) is 12.1. The van der Waals surface area contributed by atoms with Gasteiger partial charge in [-0.1, -0.05) is 24.3 Å². The number of hydrogen-bond acceptors (Lipinski definition) is 4. The molecule has 0 spiro atoms. The molecule has 0 aliphatic carbocycles. The summed E-state index contributed by atoms with van der Waals surface area (Å²) in [5.41, 5.74) is 0.992. The van der Waals surface area contributed by atoms with Gasteiger partial charge in [-0.2, -0.15) is 5.26 Å². The lowest BCUT2D eigenvalue weighted by Crippen LogP contribution is -2.31. The minimum absolute atomic E-state index is 0.01000. The van der Waals surface area contributed by atoms with E-state index >= 15 is 0 Å². The number of esters is 1. The van der Waals surface area contributed by atoms with E-state index in [0.29, 0.717) is 11.1 Å². The molecule has 0 saturated carbocycles. The van der Waals surface area contributed by atoms with E-state index in [1.165, 1.54) is 18.2 Å². The van der Waals surface area contributed by atoms with Gasteiger partial charge in [0.05, 0.1) is 17.2 Å². The van der Waals surface area contributed by atoms with Crippen molar-refractivity contribution in [2.45, 2.75) is 6.61 Å². The Morgan fingerprint density at radius 3 is 2.70 bits per heavy atom. The highest BCUT2D eigenvalue weighted by Gasteiger charge is 2.12. The lowest BCUT2D eigenvalue weighted by Gasteiger charge is -2.07. The highest BCUT2D eigenvalue weighted by Crippen LogP contribution is 2.07. The zero-order chi connectivity index (χ0) is 16.7. The number of carbonyl (C=O) groups is 2. The molecule has 1 N–H and O–H groups in total. The molecule has 0 aliphatic rings. The maximum absolute atomic E-state index is 13.4. The first kappa shape index (κ1) is 16.2. The van der Waals surface area contributed by atoms with Crippen molar-refractivity contribution in [3.8, 4) is 6.07 Å². The van der Waals surface area contributed by atoms with Crippen molar-refractivity contribution in [3.05, 3.63) is 71.0 Å². The van der Waals surface area contributed by atoms with Crippen LogP contribution in [0, 0.1) is 17.1 Å². The van der Waals surface area contributed by atoms with Crippen molar-refractivity contribution in [2.24, 2.45) is 0 Å². The summed E-state index contributed by atoms with van der Waals surface area (Å²) < 4.78 is 18.4. The van der Waals surface area contributed by atoms with Crippen LogP contribution >= 0.6 is 0 Å². The second-order valence-corrected chi connectivity index (χ2v) is 4.64. The van der Waals surface area contributed by atoms with Crippen LogP contribution in [0.2, 0.25) is 0 Å². The van der Waals surface area contributed by atoms with Gasteiger partial charge in [-0.3, -0.25) is 9.59 Å². The van der Waals surface area contributed by atoms with Crippen LogP contribution in [0.25, 0.3) is 0 Å². The molecule has 116 valence electrons.